The minimum atomic E-state index is -2.86. The maximum atomic E-state index is 11.6. The van der Waals surface area contributed by atoms with Gasteiger partial charge >= 0.3 is 0 Å². The van der Waals surface area contributed by atoms with Crippen molar-refractivity contribution < 1.29 is 8.42 Å². The van der Waals surface area contributed by atoms with Crippen LogP contribution in [0, 0.1) is 0 Å². The maximum Gasteiger partial charge on any atom is 0.151 e. The Morgan fingerprint density at radius 3 is 3.05 bits per heavy atom. The first-order chi connectivity index (χ1) is 10.1. The van der Waals surface area contributed by atoms with Gasteiger partial charge in [0, 0.05) is 12.6 Å². The van der Waals surface area contributed by atoms with Gasteiger partial charge in [-0.15, -0.1) is 0 Å². The Morgan fingerprint density at radius 2 is 2.29 bits per heavy atom. The average molecular weight is 306 g/mol. The quantitative estimate of drug-likeness (QED) is 0.909. The molecule has 0 amide bonds. The van der Waals surface area contributed by atoms with E-state index in [1.807, 2.05) is 24.3 Å². The van der Waals surface area contributed by atoms with Crippen molar-refractivity contribution in [2.75, 3.05) is 11.5 Å². The van der Waals surface area contributed by atoms with Crippen LogP contribution in [0.2, 0.25) is 0 Å². The van der Waals surface area contributed by atoms with Crippen LogP contribution in [-0.2, 0) is 16.4 Å². The Kier molecular flexibility index (Phi) is 4.03. The Labute approximate surface area is 124 Å². The van der Waals surface area contributed by atoms with Crippen LogP contribution in [-0.4, -0.2) is 40.7 Å². The highest BCUT2D eigenvalue weighted by molar-refractivity contribution is 7.91. The van der Waals surface area contributed by atoms with E-state index in [0.29, 0.717) is 12.3 Å². The summed E-state index contributed by atoms with van der Waals surface area (Å²) in [5.74, 6) is 0.572. The first-order valence-corrected chi connectivity index (χ1v) is 8.82. The first kappa shape index (κ1) is 14.2. The van der Waals surface area contributed by atoms with E-state index in [1.165, 1.54) is 6.33 Å². The normalized spacial score (nSPS) is 21.2. The molecule has 0 saturated carbocycles. The minimum Gasteiger partial charge on any atom is -0.309 e. The van der Waals surface area contributed by atoms with Crippen molar-refractivity contribution in [3.63, 3.8) is 0 Å². The summed E-state index contributed by atoms with van der Waals surface area (Å²) < 4.78 is 24.9. The summed E-state index contributed by atoms with van der Waals surface area (Å²) in [6.45, 7) is 0.655. The molecule has 6 nitrogen and oxygen atoms in total. The predicted octanol–water partition coefficient (Wildman–Crippen LogP) is 0.934. The number of benzene rings is 1. The van der Waals surface area contributed by atoms with Gasteiger partial charge in [0.15, 0.2) is 9.84 Å². The molecule has 7 heteroatoms. The summed E-state index contributed by atoms with van der Waals surface area (Å²) in [5.41, 5.74) is 2.05. The van der Waals surface area contributed by atoms with Crippen LogP contribution in [0.4, 0.5) is 0 Å². The van der Waals surface area contributed by atoms with Gasteiger partial charge in [-0.05, 0) is 30.5 Å². The Bertz CT molecular complexity index is 698. The number of aromatic nitrogens is 3. The van der Waals surface area contributed by atoms with E-state index in [2.05, 4.69) is 15.4 Å². The number of rotatable bonds is 4. The minimum absolute atomic E-state index is 0.0544. The number of hydrogen-bond donors (Lipinski definition) is 1. The average Bonchev–Trinajstić information content (AvgIpc) is 2.99. The largest absolute Gasteiger partial charge is 0.309 e. The summed E-state index contributed by atoms with van der Waals surface area (Å²) in [4.78, 5) is 3.93. The standard InChI is InChI=1S/C14H18N4O2S/c19-21(20)6-2-4-13(9-21)16-8-12-3-1-5-14(7-12)18-11-15-10-17-18/h1,3,5,7,10-11,13,16H,2,4,6,8-9H2. The lowest BCUT2D eigenvalue weighted by Crippen LogP contribution is -2.39. The van der Waals surface area contributed by atoms with Gasteiger partial charge in [0.05, 0.1) is 17.2 Å². The zero-order valence-electron chi connectivity index (χ0n) is 11.6. The summed E-state index contributed by atoms with van der Waals surface area (Å²) in [7, 11) is -2.86. The lowest BCUT2D eigenvalue weighted by atomic mass is 10.1. The zero-order chi connectivity index (χ0) is 14.7. The second-order valence-corrected chi connectivity index (χ2v) is 7.57. The molecule has 1 fully saturated rings. The Morgan fingerprint density at radius 1 is 1.38 bits per heavy atom. The van der Waals surface area contributed by atoms with Gasteiger partial charge in [-0.2, -0.15) is 5.10 Å². The van der Waals surface area contributed by atoms with E-state index in [1.54, 1.807) is 11.0 Å². The molecule has 1 aromatic heterocycles. The number of hydrogen-bond acceptors (Lipinski definition) is 5. The highest BCUT2D eigenvalue weighted by Crippen LogP contribution is 2.14. The second kappa shape index (κ2) is 5.95. The number of nitrogens with one attached hydrogen (secondary N) is 1. The van der Waals surface area contributed by atoms with Gasteiger partial charge in [-0.25, -0.2) is 18.1 Å². The van der Waals surface area contributed by atoms with Crippen LogP contribution in [0.1, 0.15) is 18.4 Å². The lowest BCUT2D eigenvalue weighted by molar-refractivity contribution is 0.480. The first-order valence-electron chi connectivity index (χ1n) is 7.00. The highest BCUT2D eigenvalue weighted by atomic mass is 32.2. The molecule has 1 aliphatic heterocycles. The number of nitrogens with zero attached hydrogens (tertiary/aromatic N) is 3. The van der Waals surface area contributed by atoms with Crippen LogP contribution in [0.3, 0.4) is 0 Å². The Hall–Kier alpha value is -1.73. The van der Waals surface area contributed by atoms with Crippen LogP contribution in [0.5, 0.6) is 0 Å². The molecular formula is C14H18N4O2S. The molecule has 1 N–H and O–H groups in total. The fraction of sp³-hybridized carbons (Fsp3) is 0.429. The molecule has 0 aliphatic carbocycles. The third-order valence-corrected chi connectivity index (χ3v) is 5.47. The van der Waals surface area contributed by atoms with Crippen molar-refractivity contribution in [3.05, 3.63) is 42.5 Å². The molecule has 3 rings (SSSR count). The third-order valence-electron chi connectivity index (χ3n) is 3.65. The van der Waals surface area contributed by atoms with Gasteiger partial charge in [0.2, 0.25) is 0 Å². The molecule has 0 spiro atoms. The highest BCUT2D eigenvalue weighted by Gasteiger charge is 2.24. The molecule has 1 saturated heterocycles. The van der Waals surface area contributed by atoms with E-state index < -0.39 is 9.84 Å². The van der Waals surface area contributed by atoms with Crippen molar-refractivity contribution in [1.82, 2.24) is 20.1 Å². The van der Waals surface area contributed by atoms with Crippen LogP contribution in [0.25, 0.3) is 5.69 Å². The van der Waals surface area contributed by atoms with Crippen LogP contribution in [0.15, 0.2) is 36.9 Å². The van der Waals surface area contributed by atoms with E-state index in [-0.39, 0.29) is 11.8 Å². The lowest BCUT2D eigenvalue weighted by Gasteiger charge is -2.23. The summed E-state index contributed by atoms with van der Waals surface area (Å²) in [5, 5.41) is 7.44. The SMILES string of the molecule is O=S1(=O)CCCC(NCc2cccc(-n3cncn3)c2)C1. The third kappa shape index (κ3) is 3.68. The van der Waals surface area contributed by atoms with E-state index in [9.17, 15) is 8.42 Å². The van der Waals surface area contributed by atoms with Gasteiger partial charge < -0.3 is 5.32 Å². The zero-order valence-corrected chi connectivity index (χ0v) is 12.5. The molecular weight excluding hydrogens is 288 g/mol. The molecule has 0 bridgehead atoms. The fourth-order valence-electron chi connectivity index (χ4n) is 2.60. The Balaban J connectivity index is 1.64. The monoisotopic (exact) mass is 306 g/mol. The smallest absolute Gasteiger partial charge is 0.151 e. The molecule has 2 aromatic rings. The van der Waals surface area contributed by atoms with Gasteiger partial charge in [-0.3, -0.25) is 0 Å². The molecule has 112 valence electrons. The van der Waals surface area contributed by atoms with Crippen molar-refractivity contribution >= 4 is 9.84 Å². The topological polar surface area (TPSA) is 76.9 Å². The molecule has 0 radical (unpaired) electrons. The summed E-state index contributed by atoms with van der Waals surface area (Å²) in [6.07, 6.45) is 4.82. The number of sulfone groups is 1. The van der Waals surface area contributed by atoms with Crippen molar-refractivity contribution in [3.8, 4) is 5.69 Å². The van der Waals surface area contributed by atoms with E-state index >= 15 is 0 Å². The molecule has 1 atom stereocenters. The molecule has 21 heavy (non-hydrogen) atoms. The molecule has 2 heterocycles. The maximum absolute atomic E-state index is 11.6. The van der Waals surface area contributed by atoms with E-state index in [0.717, 1.165) is 24.1 Å². The summed E-state index contributed by atoms with van der Waals surface area (Å²) >= 11 is 0. The van der Waals surface area contributed by atoms with Gasteiger partial charge in [0.1, 0.15) is 12.7 Å². The molecule has 1 unspecified atom stereocenters. The van der Waals surface area contributed by atoms with E-state index in [4.69, 9.17) is 0 Å². The second-order valence-electron chi connectivity index (χ2n) is 5.34. The summed E-state index contributed by atoms with van der Waals surface area (Å²) in [6, 6.07) is 8.03. The predicted molar refractivity (Wildman–Crippen MR) is 79.9 cm³/mol. The van der Waals surface area contributed by atoms with Crippen molar-refractivity contribution in [1.29, 1.82) is 0 Å². The van der Waals surface area contributed by atoms with Crippen molar-refractivity contribution in [2.45, 2.75) is 25.4 Å². The molecule has 1 aliphatic rings. The van der Waals surface area contributed by atoms with Gasteiger partial charge in [0.25, 0.3) is 0 Å². The fourth-order valence-corrected chi connectivity index (χ4v) is 4.27. The van der Waals surface area contributed by atoms with Crippen LogP contribution < -0.4 is 5.32 Å². The van der Waals surface area contributed by atoms with Gasteiger partial charge in [-0.1, -0.05) is 12.1 Å². The van der Waals surface area contributed by atoms with Crippen molar-refractivity contribution in [2.24, 2.45) is 0 Å². The molecule has 1 aromatic carbocycles. The van der Waals surface area contributed by atoms with Crippen LogP contribution >= 0.6 is 0 Å².